The number of nitrogens with zero attached hydrogens (tertiary/aromatic N) is 2. The molecular weight excluding hydrogens is 238 g/mol. The van der Waals surface area contributed by atoms with Gasteiger partial charge >= 0.3 is 0 Å². The average molecular weight is 260 g/mol. The molecule has 1 aromatic heterocycles. The first kappa shape index (κ1) is 14.5. The van der Waals surface area contributed by atoms with Crippen molar-refractivity contribution in [1.29, 1.82) is 0 Å². The Hall–Kier alpha value is -0.580. The third-order valence-corrected chi connectivity index (χ3v) is 3.18. The van der Waals surface area contributed by atoms with Crippen LogP contribution in [-0.2, 0) is 24.8 Å². The maximum absolute atomic E-state index is 6.28. The van der Waals surface area contributed by atoms with Crippen LogP contribution in [0.2, 0.25) is 5.02 Å². The van der Waals surface area contributed by atoms with Crippen LogP contribution in [0.15, 0.2) is 0 Å². The van der Waals surface area contributed by atoms with E-state index in [-0.39, 0.29) is 5.54 Å². The third kappa shape index (κ3) is 3.69. The van der Waals surface area contributed by atoms with Crippen molar-refractivity contribution in [3.8, 4) is 0 Å². The van der Waals surface area contributed by atoms with Gasteiger partial charge < -0.3 is 10.1 Å². The molecule has 17 heavy (non-hydrogen) atoms. The van der Waals surface area contributed by atoms with Gasteiger partial charge in [-0.15, -0.1) is 0 Å². The van der Waals surface area contributed by atoms with Crippen LogP contribution in [0.5, 0.6) is 0 Å². The second-order valence-electron chi connectivity index (χ2n) is 4.85. The summed E-state index contributed by atoms with van der Waals surface area (Å²) in [6.45, 7) is 7.60. The lowest BCUT2D eigenvalue weighted by Crippen LogP contribution is -2.43. The van der Waals surface area contributed by atoms with E-state index >= 15 is 0 Å². The molecule has 0 amide bonds. The Morgan fingerprint density at radius 3 is 2.59 bits per heavy atom. The number of rotatable bonds is 6. The van der Waals surface area contributed by atoms with Crippen LogP contribution in [0.3, 0.4) is 0 Å². The second-order valence-corrected chi connectivity index (χ2v) is 5.23. The molecule has 0 fully saturated rings. The van der Waals surface area contributed by atoms with Crippen LogP contribution < -0.4 is 5.32 Å². The van der Waals surface area contributed by atoms with Gasteiger partial charge in [-0.05, 0) is 20.3 Å². The Kier molecular flexibility index (Phi) is 4.98. The molecule has 5 heteroatoms. The van der Waals surface area contributed by atoms with Gasteiger partial charge in [0.1, 0.15) is 0 Å². The molecule has 1 heterocycles. The standard InChI is InChI=1S/C12H22ClN3O/c1-6-9-11(13)10(16(4)15-9)7-14-12(2,3)8-17-5/h14H,6-8H2,1-5H3. The first-order valence-corrected chi connectivity index (χ1v) is 6.23. The van der Waals surface area contributed by atoms with Gasteiger partial charge in [-0.25, -0.2) is 0 Å². The molecule has 0 aliphatic heterocycles. The molecule has 98 valence electrons. The molecule has 0 saturated heterocycles. The van der Waals surface area contributed by atoms with Crippen molar-refractivity contribution in [3.63, 3.8) is 0 Å². The zero-order chi connectivity index (χ0) is 13.1. The quantitative estimate of drug-likeness (QED) is 0.851. The van der Waals surface area contributed by atoms with E-state index in [0.29, 0.717) is 13.2 Å². The SMILES string of the molecule is CCc1nn(C)c(CNC(C)(C)COC)c1Cl. The van der Waals surface area contributed by atoms with Crippen LogP contribution in [0, 0.1) is 0 Å². The minimum atomic E-state index is -0.0747. The first-order valence-electron chi connectivity index (χ1n) is 5.85. The van der Waals surface area contributed by atoms with E-state index in [0.717, 1.165) is 22.8 Å². The fraction of sp³-hybridized carbons (Fsp3) is 0.750. The van der Waals surface area contributed by atoms with Crippen molar-refractivity contribution in [2.75, 3.05) is 13.7 Å². The molecule has 1 rings (SSSR count). The van der Waals surface area contributed by atoms with Gasteiger partial charge in [0.2, 0.25) is 0 Å². The monoisotopic (exact) mass is 259 g/mol. The number of hydrogen-bond acceptors (Lipinski definition) is 3. The number of ether oxygens (including phenoxy) is 1. The van der Waals surface area contributed by atoms with Gasteiger partial charge in [0, 0.05) is 26.2 Å². The van der Waals surface area contributed by atoms with E-state index in [4.69, 9.17) is 16.3 Å². The largest absolute Gasteiger partial charge is 0.383 e. The number of aryl methyl sites for hydroxylation is 2. The summed E-state index contributed by atoms with van der Waals surface area (Å²) >= 11 is 6.28. The maximum atomic E-state index is 6.28. The highest BCUT2D eigenvalue weighted by Gasteiger charge is 2.19. The predicted octanol–water partition coefficient (Wildman–Crippen LogP) is 2.15. The summed E-state index contributed by atoms with van der Waals surface area (Å²) in [5, 5.41) is 8.59. The van der Waals surface area contributed by atoms with Crippen LogP contribution in [0.25, 0.3) is 0 Å². The van der Waals surface area contributed by atoms with Gasteiger partial charge in [0.05, 0.1) is 23.0 Å². The molecule has 0 aromatic carbocycles. The van der Waals surface area contributed by atoms with Crippen molar-refractivity contribution < 1.29 is 4.74 Å². The predicted molar refractivity (Wildman–Crippen MR) is 70.4 cm³/mol. The zero-order valence-corrected chi connectivity index (χ0v) is 12.1. The van der Waals surface area contributed by atoms with E-state index in [1.807, 2.05) is 11.7 Å². The van der Waals surface area contributed by atoms with Gasteiger partial charge in [-0.2, -0.15) is 5.10 Å². The van der Waals surface area contributed by atoms with Crippen LogP contribution in [0.4, 0.5) is 0 Å². The molecule has 0 aliphatic carbocycles. The van der Waals surface area contributed by atoms with Gasteiger partial charge in [-0.1, -0.05) is 18.5 Å². The van der Waals surface area contributed by atoms with Crippen molar-refractivity contribution in [3.05, 3.63) is 16.4 Å². The first-order chi connectivity index (χ1) is 7.91. The number of nitrogens with one attached hydrogen (secondary N) is 1. The Bertz CT molecular complexity index is 374. The average Bonchev–Trinajstić information content (AvgIpc) is 2.51. The Morgan fingerprint density at radius 2 is 2.12 bits per heavy atom. The van der Waals surface area contributed by atoms with E-state index in [2.05, 4.69) is 31.2 Å². The van der Waals surface area contributed by atoms with Crippen LogP contribution >= 0.6 is 11.6 Å². The summed E-state index contributed by atoms with van der Waals surface area (Å²) in [4.78, 5) is 0. The van der Waals surface area contributed by atoms with E-state index < -0.39 is 0 Å². The molecule has 0 unspecified atom stereocenters. The van der Waals surface area contributed by atoms with Crippen molar-refractivity contribution in [2.45, 2.75) is 39.3 Å². The summed E-state index contributed by atoms with van der Waals surface area (Å²) in [5.74, 6) is 0. The zero-order valence-electron chi connectivity index (χ0n) is 11.3. The lowest BCUT2D eigenvalue weighted by molar-refractivity contribution is 0.127. The Balaban J connectivity index is 2.72. The van der Waals surface area contributed by atoms with Gasteiger partial charge in [0.25, 0.3) is 0 Å². The summed E-state index contributed by atoms with van der Waals surface area (Å²) in [5.41, 5.74) is 1.90. The van der Waals surface area contributed by atoms with Crippen molar-refractivity contribution >= 4 is 11.6 Å². The Labute approximate surface area is 108 Å². The minimum Gasteiger partial charge on any atom is -0.383 e. The van der Waals surface area contributed by atoms with Crippen LogP contribution in [0.1, 0.15) is 32.2 Å². The van der Waals surface area contributed by atoms with Crippen molar-refractivity contribution in [1.82, 2.24) is 15.1 Å². The number of halogens is 1. The normalized spacial score (nSPS) is 12.1. The molecule has 0 bridgehead atoms. The van der Waals surface area contributed by atoms with E-state index in [1.165, 1.54) is 0 Å². The molecule has 0 saturated carbocycles. The highest BCUT2D eigenvalue weighted by atomic mass is 35.5. The number of hydrogen-bond donors (Lipinski definition) is 1. The van der Waals surface area contributed by atoms with Crippen LogP contribution in [-0.4, -0.2) is 29.0 Å². The van der Waals surface area contributed by atoms with E-state index in [1.54, 1.807) is 7.11 Å². The molecular formula is C12H22ClN3O. The summed E-state index contributed by atoms with van der Waals surface area (Å²) < 4.78 is 7.01. The molecule has 1 aromatic rings. The summed E-state index contributed by atoms with van der Waals surface area (Å²) in [6.07, 6.45) is 0.855. The minimum absolute atomic E-state index is 0.0747. The summed E-state index contributed by atoms with van der Waals surface area (Å²) in [6, 6.07) is 0. The van der Waals surface area contributed by atoms with Crippen molar-refractivity contribution in [2.24, 2.45) is 7.05 Å². The lowest BCUT2D eigenvalue weighted by atomic mass is 10.1. The number of methoxy groups -OCH3 is 1. The molecule has 1 N–H and O–H groups in total. The fourth-order valence-corrected chi connectivity index (χ4v) is 2.11. The molecule has 4 nitrogen and oxygen atoms in total. The maximum Gasteiger partial charge on any atom is 0.0863 e. The highest BCUT2D eigenvalue weighted by Crippen LogP contribution is 2.21. The van der Waals surface area contributed by atoms with Gasteiger partial charge in [0.15, 0.2) is 0 Å². The second kappa shape index (κ2) is 5.85. The molecule has 0 spiro atoms. The van der Waals surface area contributed by atoms with Gasteiger partial charge in [-0.3, -0.25) is 4.68 Å². The molecule has 0 atom stereocenters. The number of aromatic nitrogens is 2. The highest BCUT2D eigenvalue weighted by molar-refractivity contribution is 6.31. The smallest absolute Gasteiger partial charge is 0.0863 e. The Morgan fingerprint density at radius 1 is 1.47 bits per heavy atom. The van der Waals surface area contributed by atoms with E-state index in [9.17, 15) is 0 Å². The topological polar surface area (TPSA) is 39.1 Å². The fourth-order valence-electron chi connectivity index (χ4n) is 1.75. The molecule has 0 aliphatic rings. The lowest BCUT2D eigenvalue weighted by Gasteiger charge is -2.25. The summed E-state index contributed by atoms with van der Waals surface area (Å²) in [7, 11) is 3.63. The third-order valence-electron chi connectivity index (χ3n) is 2.74. The molecule has 0 radical (unpaired) electrons.